The summed E-state index contributed by atoms with van der Waals surface area (Å²) in [6.45, 7) is 1.52. The normalized spacial score (nSPS) is 27.7. The number of aliphatic carboxylic acids is 1. The highest BCUT2D eigenvalue weighted by atomic mass is 16.4. The fourth-order valence-electron chi connectivity index (χ4n) is 2.97. The fraction of sp³-hybridized carbons (Fsp3) is 0.833. The van der Waals surface area contributed by atoms with Crippen molar-refractivity contribution < 1.29 is 14.7 Å². The predicted octanol–water partition coefficient (Wildman–Crippen LogP) is 0.546. The van der Waals surface area contributed by atoms with E-state index < -0.39 is 12.0 Å². The van der Waals surface area contributed by atoms with Crippen LogP contribution >= 0.6 is 0 Å². The number of carbonyl (C=O) groups is 2. The Morgan fingerprint density at radius 1 is 1.35 bits per heavy atom. The second-order valence-electron chi connectivity index (χ2n) is 5.05. The molecule has 0 radical (unpaired) electrons. The van der Waals surface area contributed by atoms with Crippen LogP contribution in [0.25, 0.3) is 0 Å². The first kappa shape index (κ1) is 12.4. The summed E-state index contributed by atoms with van der Waals surface area (Å²) in [5.41, 5.74) is 0. The lowest BCUT2D eigenvalue weighted by Gasteiger charge is -2.41. The van der Waals surface area contributed by atoms with E-state index in [1.807, 2.05) is 0 Å². The zero-order valence-corrected chi connectivity index (χ0v) is 10.3. The number of hydrogen-bond acceptors (Lipinski definition) is 3. The molecule has 1 heterocycles. The summed E-state index contributed by atoms with van der Waals surface area (Å²) in [6, 6.07) is -0.0358. The molecule has 2 aliphatic rings. The van der Waals surface area contributed by atoms with Gasteiger partial charge in [-0.2, -0.15) is 0 Å². The van der Waals surface area contributed by atoms with Gasteiger partial charge in [-0.1, -0.05) is 12.8 Å². The number of hydrogen-bond donors (Lipinski definition) is 1. The van der Waals surface area contributed by atoms with Gasteiger partial charge in [-0.3, -0.25) is 14.5 Å². The lowest BCUT2D eigenvalue weighted by Crippen LogP contribution is -2.58. The average Bonchev–Trinajstić information content (AvgIpc) is 2.78. The number of carboxylic acid groups (broad SMARTS) is 1. The van der Waals surface area contributed by atoms with E-state index in [4.69, 9.17) is 5.11 Å². The number of nitrogens with zero attached hydrogens (tertiary/aromatic N) is 2. The average molecular weight is 240 g/mol. The Morgan fingerprint density at radius 3 is 2.59 bits per heavy atom. The lowest BCUT2D eigenvalue weighted by molar-refractivity contribution is -0.149. The minimum atomic E-state index is -0.887. The topological polar surface area (TPSA) is 60.9 Å². The molecule has 0 bridgehead atoms. The summed E-state index contributed by atoms with van der Waals surface area (Å²) in [5, 5.41) is 8.93. The molecule has 1 saturated heterocycles. The molecular formula is C12H20N2O3. The molecule has 17 heavy (non-hydrogen) atoms. The van der Waals surface area contributed by atoms with Gasteiger partial charge in [0.25, 0.3) is 0 Å². The summed E-state index contributed by atoms with van der Waals surface area (Å²) in [5.74, 6) is -0.924. The Balaban J connectivity index is 2.10. The van der Waals surface area contributed by atoms with Crippen LogP contribution < -0.4 is 0 Å². The SMILES string of the molecule is CN1CCN(C2CCCC2)C(CC(=O)O)C1=O. The largest absolute Gasteiger partial charge is 0.481 e. The molecule has 1 atom stereocenters. The number of rotatable bonds is 3. The molecule has 96 valence electrons. The van der Waals surface area contributed by atoms with Gasteiger partial charge in [0.05, 0.1) is 6.42 Å². The van der Waals surface area contributed by atoms with Crippen LogP contribution in [0.5, 0.6) is 0 Å². The van der Waals surface area contributed by atoms with Gasteiger partial charge in [-0.15, -0.1) is 0 Å². The first-order valence-corrected chi connectivity index (χ1v) is 6.32. The fourth-order valence-corrected chi connectivity index (χ4v) is 2.97. The van der Waals surface area contributed by atoms with Gasteiger partial charge in [-0.25, -0.2) is 0 Å². The van der Waals surface area contributed by atoms with Gasteiger partial charge in [0.1, 0.15) is 6.04 Å². The summed E-state index contributed by atoms with van der Waals surface area (Å²) >= 11 is 0. The van der Waals surface area contributed by atoms with Crippen molar-refractivity contribution in [3.63, 3.8) is 0 Å². The summed E-state index contributed by atoms with van der Waals surface area (Å²) in [7, 11) is 1.75. The van der Waals surface area contributed by atoms with Crippen molar-refractivity contribution in [1.29, 1.82) is 0 Å². The van der Waals surface area contributed by atoms with Crippen LogP contribution in [0.2, 0.25) is 0 Å². The second-order valence-corrected chi connectivity index (χ2v) is 5.05. The van der Waals surface area contributed by atoms with E-state index in [0.717, 1.165) is 19.4 Å². The number of piperazine rings is 1. The first-order chi connectivity index (χ1) is 8.09. The van der Waals surface area contributed by atoms with Gasteiger partial charge in [-0.05, 0) is 12.8 Å². The third-order valence-corrected chi connectivity index (χ3v) is 3.92. The van der Waals surface area contributed by atoms with Crippen molar-refractivity contribution in [3.05, 3.63) is 0 Å². The van der Waals surface area contributed by atoms with Crippen LogP contribution in [0.4, 0.5) is 0 Å². The van der Waals surface area contributed by atoms with Gasteiger partial charge in [0, 0.05) is 26.2 Å². The van der Waals surface area contributed by atoms with Crippen molar-refractivity contribution in [2.75, 3.05) is 20.1 Å². The van der Waals surface area contributed by atoms with Gasteiger partial charge >= 0.3 is 5.97 Å². The van der Waals surface area contributed by atoms with Crippen molar-refractivity contribution >= 4 is 11.9 Å². The van der Waals surface area contributed by atoms with E-state index >= 15 is 0 Å². The molecule has 5 nitrogen and oxygen atoms in total. The van der Waals surface area contributed by atoms with Crippen LogP contribution in [0.1, 0.15) is 32.1 Å². The van der Waals surface area contributed by atoms with Crippen molar-refractivity contribution in [1.82, 2.24) is 9.80 Å². The molecule has 0 aromatic rings. The quantitative estimate of drug-likeness (QED) is 0.782. The minimum absolute atomic E-state index is 0.0365. The van der Waals surface area contributed by atoms with E-state index in [0.29, 0.717) is 12.6 Å². The van der Waals surface area contributed by atoms with Gasteiger partial charge < -0.3 is 10.0 Å². The van der Waals surface area contributed by atoms with Crippen molar-refractivity contribution in [3.8, 4) is 0 Å². The highest BCUT2D eigenvalue weighted by Gasteiger charge is 2.38. The third-order valence-electron chi connectivity index (χ3n) is 3.92. The molecule has 0 aromatic heterocycles. The summed E-state index contributed by atoms with van der Waals surface area (Å²) in [4.78, 5) is 26.7. The maximum Gasteiger partial charge on any atom is 0.305 e. The Kier molecular flexibility index (Phi) is 3.66. The summed E-state index contributed by atoms with van der Waals surface area (Å²) < 4.78 is 0. The van der Waals surface area contributed by atoms with Crippen LogP contribution in [0.3, 0.4) is 0 Å². The number of amides is 1. The molecule has 0 aromatic carbocycles. The zero-order valence-electron chi connectivity index (χ0n) is 10.3. The molecule has 1 saturated carbocycles. The van der Waals surface area contributed by atoms with E-state index in [1.165, 1.54) is 12.8 Å². The molecule has 1 aliphatic carbocycles. The molecule has 2 rings (SSSR count). The highest BCUT2D eigenvalue weighted by Crippen LogP contribution is 2.28. The van der Waals surface area contributed by atoms with Crippen LogP contribution in [-0.4, -0.2) is 59.0 Å². The predicted molar refractivity (Wildman–Crippen MR) is 62.6 cm³/mol. The molecular weight excluding hydrogens is 220 g/mol. The lowest BCUT2D eigenvalue weighted by atomic mass is 10.0. The van der Waals surface area contributed by atoms with Gasteiger partial charge in [0.15, 0.2) is 0 Å². The van der Waals surface area contributed by atoms with Crippen LogP contribution in [0.15, 0.2) is 0 Å². The Bertz CT molecular complexity index is 313. The monoisotopic (exact) mass is 240 g/mol. The zero-order chi connectivity index (χ0) is 12.4. The van der Waals surface area contributed by atoms with Crippen LogP contribution in [-0.2, 0) is 9.59 Å². The summed E-state index contributed by atoms with van der Waals surface area (Å²) in [6.07, 6.45) is 4.54. The Hall–Kier alpha value is -1.10. The molecule has 2 fully saturated rings. The van der Waals surface area contributed by atoms with E-state index in [2.05, 4.69) is 4.90 Å². The third kappa shape index (κ3) is 2.60. The molecule has 5 heteroatoms. The molecule has 1 amide bonds. The van der Waals surface area contributed by atoms with E-state index in [-0.39, 0.29) is 12.3 Å². The van der Waals surface area contributed by atoms with E-state index in [1.54, 1.807) is 11.9 Å². The molecule has 0 spiro atoms. The van der Waals surface area contributed by atoms with Gasteiger partial charge in [0.2, 0.25) is 5.91 Å². The van der Waals surface area contributed by atoms with Crippen molar-refractivity contribution in [2.45, 2.75) is 44.2 Å². The smallest absolute Gasteiger partial charge is 0.305 e. The highest BCUT2D eigenvalue weighted by molar-refractivity contribution is 5.86. The van der Waals surface area contributed by atoms with Crippen LogP contribution in [0, 0.1) is 0 Å². The van der Waals surface area contributed by atoms with Crippen molar-refractivity contribution in [2.24, 2.45) is 0 Å². The molecule has 1 unspecified atom stereocenters. The standard InChI is InChI=1S/C12H20N2O3/c1-13-6-7-14(9-4-2-3-5-9)10(12(13)17)8-11(15)16/h9-10H,2-8H2,1H3,(H,15,16). The second kappa shape index (κ2) is 5.04. The Morgan fingerprint density at radius 2 is 2.00 bits per heavy atom. The molecule has 1 N–H and O–H groups in total. The first-order valence-electron chi connectivity index (χ1n) is 6.32. The Labute approximate surface area is 101 Å². The molecule has 1 aliphatic heterocycles. The maximum absolute atomic E-state index is 12.0. The van der Waals surface area contributed by atoms with E-state index in [9.17, 15) is 9.59 Å². The number of likely N-dealkylation sites (N-methyl/N-ethyl adjacent to an activating group) is 1. The number of carboxylic acids is 1. The number of carbonyl (C=O) groups excluding carboxylic acids is 1. The maximum atomic E-state index is 12.0. The minimum Gasteiger partial charge on any atom is -0.481 e.